The maximum Gasteiger partial charge on any atom is 0.409 e. The average molecular weight is 445 g/mol. The van der Waals surface area contributed by atoms with Crippen LogP contribution in [-0.2, 0) is 11.3 Å². The Labute approximate surface area is 193 Å². The highest BCUT2D eigenvalue weighted by Gasteiger charge is 2.24. The molecule has 1 aromatic rings. The summed E-state index contributed by atoms with van der Waals surface area (Å²) in [6, 6.07) is 11.0. The van der Waals surface area contributed by atoms with Gasteiger partial charge in [0.2, 0.25) is 0 Å². The minimum atomic E-state index is -0.199. The first kappa shape index (κ1) is 24.3. The van der Waals surface area contributed by atoms with Gasteiger partial charge in [0.1, 0.15) is 0 Å². The summed E-state index contributed by atoms with van der Waals surface area (Å²) in [5, 5.41) is 6.92. The SMILES string of the molecule is CCNC(=NCCN1CCN(Cc2ccccc2)CC1)NC1CCN(C(=O)OCC)CC1. The van der Waals surface area contributed by atoms with Gasteiger partial charge in [-0.2, -0.15) is 0 Å². The summed E-state index contributed by atoms with van der Waals surface area (Å²) in [5.74, 6) is 0.879. The number of aliphatic imine (C=N–C) groups is 1. The van der Waals surface area contributed by atoms with Crippen LogP contribution in [0.25, 0.3) is 0 Å². The number of rotatable bonds is 8. The van der Waals surface area contributed by atoms with Crippen LogP contribution >= 0.6 is 0 Å². The van der Waals surface area contributed by atoms with Gasteiger partial charge in [0.05, 0.1) is 13.2 Å². The number of nitrogens with zero attached hydrogens (tertiary/aromatic N) is 4. The number of likely N-dealkylation sites (tertiary alicyclic amines) is 1. The van der Waals surface area contributed by atoms with Crippen molar-refractivity contribution in [2.24, 2.45) is 4.99 Å². The predicted molar refractivity (Wildman–Crippen MR) is 129 cm³/mol. The molecule has 0 unspecified atom stereocenters. The first-order chi connectivity index (χ1) is 15.7. The number of hydrogen-bond donors (Lipinski definition) is 2. The Morgan fingerprint density at radius 1 is 1.03 bits per heavy atom. The van der Waals surface area contributed by atoms with Crippen molar-refractivity contribution in [1.82, 2.24) is 25.3 Å². The van der Waals surface area contributed by atoms with Gasteiger partial charge in [0, 0.05) is 64.9 Å². The summed E-state index contributed by atoms with van der Waals surface area (Å²) in [7, 11) is 0. The lowest BCUT2D eigenvalue weighted by Gasteiger charge is -2.34. The van der Waals surface area contributed by atoms with E-state index in [4.69, 9.17) is 9.73 Å². The van der Waals surface area contributed by atoms with E-state index < -0.39 is 0 Å². The molecule has 2 saturated heterocycles. The number of piperidine rings is 1. The van der Waals surface area contributed by atoms with Gasteiger partial charge in [-0.25, -0.2) is 4.79 Å². The molecule has 0 radical (unpaired) electrons. The molecule has 2 N–H and O–H groups in total. The van der Waals surface area contributed by atoms with Crippen LogP contribution in [0.2, 0.25) is 0 Å². The van der Waals surface area contributed by atoms with Crippen molar-refractivity contribution in [2.75, 3.05) is 65.5 Å². The van der Waals surface area contributed by atoms with E-state index in [1.807, 2.05) is 6.92 Å². The minimum absolute atomic E-state index is 0.199. The van der Waals surface area contributed by atoms with E-state index in [2.05, 4.69) is 57.7 Å². The number of piperazine rings is 1. The van der Waals surface area contributed by atoms with Crippen LogP contribution in [-0.4, -0.2) is 98.3 Å². The molecule has 32 heavy (non-hydrogen) atoms. The number of benzene rings is 1. The van der Waals surface area contributed by atoms with E-state index in [0.29, 0.717) is 12.6 Å². The first-order valence-corrected chi connectivity index (χ1v) is 12.1. The van der Waals surface area contributed by atoms with E-state index in [-0.39, 0.29) is 6.09 Å². The van der Waals surface area contributed by atoms with E-state index in [0.717, 1.165) is 84.2 Å². The third-order valence-corrected chi connectivity index (χ3v) is 6.11. The summed E-state index contributed by atoms with van der Waals surface area (Å²) in [5.41, 5.74) is 1.39. The Kier molecular flexibility index (Phi) is 10.1. The highest BCUT2D eigenvalue weighted by Crippen LogP contribution is 2.12. The number of amides is 1. The fourth-order valence-electron chi connectivity index (χ4n) is 4.25. The Morgan fingerprint density at radius 3 is 2.38 bits per heavy atom. The number of guanidine groups is 1. The van der Waals surface area contributed by atoms with E-state index in [1.54, 1.807) is 4.90 Å². The van der Waals surface area contributed by atoms with Gasteiger partial charge in [-0.3, -0.25) is 14.8 Å². The second-order valence-electron chi connectivity index (χ2n) is 8.47. The molecule has 8 nitrogen and oxygen atoms in total. The monoisotopic (exact) mass is 444 g/mol. The lowest BCUT2D eigenvalue weighted by molar-refractivity contribution is 0.0963. The molecule has 2 aliphatic heterocycles. The summed E-state index contributed by atoms with van der Waals surface area (Å²) < 4.78 is 5.11. The van der Waals surface area contributed by atoms with Crippen LogP contribution < -0.4 is 10.6 Å². The Morgan fingerprint density at radius 2 is 1.72 bits per heavy atom. The largest absolute Gasteiger partial charge is 0.450 e. The lowest BCUT2D eigenvalue weighted by atomic mass is 10.1. The zero-order chi connectivity index (χ0) is 22.6. The van der Waals surface area contributed by atoms with Crippen molar-refractivity contribution in [3.05, 3.63) is 35.9 Å². The molecule has 2 heterocycles. The first-order valence-electron chi connectivity index (χ1n) is 12.1. The fraction of sp³-hybridized carbons (Fsp3) is 0.667. The summed E-state index contributed by atoms with van der Waals surface area (Å²) >= 11 is 0. The standard InChI is InChI=1S/C24H40N6O2/c1-3-25-23(27-22-10-13-30(14-11-22)24(31)32-4-2)26-12-15-28-16-18-29(19-17-28)20-21-8-6-5-7-9-21/h5-9,22H,3-4,10-20H2,1-2H3,(H2,25,26,27). The normalized spacial score (nSPS) is 19.1. The topological polar surface area (TPSA) is 72.4 Å². The smallest absolute Gasteiger partial charge is 0.409 e. The van der Waals surface area contributed by atoms with Gasteiger partial charge in [-0.05, 0) is 32.3 Å². The van der Waals surface area contributed by atoms with Gasteiger partial charge >= 0.3 is 6.09 Å². The molecule has 0 saturated carbocycles. The van der Waals surface area contributed by atoms with Crippen molar-refractivity contribution in [3.63, 3.8) is 0 Å². The molecule has 8 heteroatoms. The van der Waals surface area contributed by atoms with Gasteiger partial charge < -0.3 is 20.3 Å². The molecule has 0 bridgehead atoms. The summed E-state index contributed by atoms with van der Waals surface area (Å²) in [6.45, 7) is 13.9. The van der Waals surface area contributed by atoms with E-state index >= 15 is 0 Å². The minimum Gasteiger partial charge on any atom is -0.450 e. The number of hydrogen-bond acceptors (Lipinski definition) is 5. The molecule has 0 spiro atoms. The molecular weight excluding hydrogens is 404 g/mol. The third-order valence-electron chi connectivity index (χ3n) is 6.11. The van der Waals surface area contributed by atoms with Crippen molar-refractivity contribution in [2.45, 2.75) is 39.3 Å². The summed E-state index contributed by atoms with van der Waals surface area (Å²) in [4.78, 5) is 23.5. The molecule has 178 valence electrons. The van der Waals surface area contributed by atoms with Crippen LogP contribution in [0.5, 0.6) is 0 Å². The fourth-order valence-corrected chi connectivity index (χ4v) is 4.25. The van der Waals surface area contributed by atoms with Crippen LogP contribution in [0.3, 0.4) is 0 Å². The Hall–Kier alpha value is -2.32. The number of carbonyl (C=O) groups is 1. The molecular formula is C24H40N6O2. The van der Waals surface area contributed by atoms with Crippen molar-refractivity contribution in [3.8, 4) is 0 Å². The van der Waals surface area contributed by atoms with E-state index in [9.17, 15) is 4.79 Å². The number of carbonyl (C=O) groups excluding carboxylic acids is 1. The van der Waals surface area contributed by atoms with Crippen LogP contribution in [0.4, 0.5) is 4.79 Å². The molecule has 1 aromatic carbocycles. The highest BCUT2D eigenvalue weighted by atomic mass is 16.6. The third kappa shape index (κ3) is 7.98. The van der Waals surface area contributed by atoms with Gasteiger partial charge in [-0.1, -0.05) is 30.3 Å². The van der Waals surface area contributed by atoms with Gasteiger partial charge in [0.25, 0.3) is 0 Å². The second-order valence-corrected chi connectivity index (χ2v) is 8.47. The molecule has 2 fully saturated rings. The van der Waals surface area contributed by atoms with Crippen LogP contribution in [0.1, 0.15) is 32.3 Å². The van der Waals surface area contributed by atoms with Crippen molar-refractivity contribution < 1.29 is 9.53 Å². The quantitative estimate of drug-likeness (QED) is 0.472. The zero-order valence-corrected chi connectivity index (χ0v) is 19.8. The molecule has 3 rings (SSSR count). The average Bonchev–Trinajstić information content (AvgIpc) is 2.82. The Bertz CT molecular complexity index is 698. The number of ether oxygens (including phenoxy) is 1. The molecule has 2 aliphatic rings. The highest BCUT2D eigenvalue weighted by molar-refractivity contribution is 5.80. The zero-order valence-electron chi connectivity index (χ0n) is 19.8. The molecule has 0 atom stereocenters. The maximum atomic E-state index is 11.9. The number of nitrogens with one attached hydrogen (secondary N) is 2. The second kappa shape index (κ2) is 13.3. The molecule has 1 amide bonds. The lowest BCUT2D eigenvalue weighted by Crippen LogP contribution is -2.50. The molecule has 0 aliphatic carbocycles. The van der Waals surface area contributed by atoms with Crippen LogP contribution in [0, 0.1) is 0 Å². The van der Waals surface area contributed by atoms with E-state index in [1.165, 1.54) is 5.56 Å². The van der Waals surface area contributed by atoms with Crippen molar-refractivity contribution in [1.29, 1.82) is 0 Å². The summed E-state index contributed by atoms with van der Waals surface area (Å²) in [6.07, 6.45) is 1.62. The maximum absolute atomic E-state index is 11.9. The van der Waals surface area contributed by atoms with Crippen molar-refractivity contribution >= 4 is 12.1 Å². The Balaban J connectivity index is 1.36. The van der Waals surface area contributed by atoms with Gasteiger partial charge in [-0.15, -0.1) is 0 Å². The predicted octanol–water partition coefficient (Wildman–Crippen LogP) is 1.98. The van der Waals surface area contributed by atoms with Crippen LogP contribution in [0.15, 0.2) is 35.3 Å². The molecule has 0 aromatic heterocycles. The van der Waals surface area contributed by atoms with Gasteiger partial charge in [0.15, 0.2) is 5.96 Å².